The maximum absolute atomic E-state index is 13.4. The van der Waals surface area contributed by atoms with Gasteiger partial charge in [0.25, 0.3) is 5.91 Å². The molecule has 37 heavy (non-hydrogen) atoms. The SMILES string of the molecule is C=CCN1CC[C@]23c4c5ccc(O)c4O[C@H]2[C@@H](N(C)C(=O)C#Cc2cccc(C)c2)[C@@H](C)C[C@@]3(O)[C@H]1C5. The number of hydrogen-bond donors (Lipinski definition) is 2. The molecule has 4 aliphatic rings. The lowest BCUT2D eigenvalue weighted by molar-refractivity contribution is -0.210. The molecule has 2 fully saturated rings. The van der Waals surface area contributed by atoms with Crippen molar-refractivity contribution < 1.29 is 19.7 Å². The summed E-state index contributed by atoms with van der Waals surface area (Å²) in [6, 6.07) is 11.1. The maximum atomic E-state index is 13.4. The second-order valence-corrected chi connectivity index (χ2v) is 11.3. The average Bonchev–Trinajstić information content (AvgIpc) is 3.20. The summed E-state index contributed by atoms with van der Waals surface area (Å²) >= 11 is 0. The molecule has 2 aliphatic carbocycles. The first kappa shape index (κ1) is 24.1. The van der Waals surface area contributed by atoms with Crippen LogP contribution >= 0.6 is 0 Å². The smallest absolute Gasteiger partial charge is 0.298 e. The van der Waals surface area contributed by atoms with Crippen molar-refractivity contribution in [2.24, 2.45) is 5.92 Å². The van der Waals surface area contributed by atoms with E-state index in [0.717, 1.165) is 28.8 Å². The molecule has 0 unspecified atom stereocenters. The zero-order valence-corrected chi connectivity index (χ0v) is 21.7. The molecule has 2 aromatic carbocycles. The second-order valence-electron chi connectivity index (χ2n) is 11.3. The van der Waals surface area contributed by atoms with Crippen molar-refractivity contribution in [2.45, 2.75) is 62.3 Å². The molecule has 2 aliphatic heterocycles. The summed E-state index contributed by atoms with van der Waals surface area (Å²) in [5.41, 5.74) is 2.20. The first-order chi connectivity index (χ1) is 17.7. The number of nitrogens with zero attached hydrogens (tertiary/aromatic N) is 2. The number of likely N-dealkylation sites (N-methyl/N-ethyl adjacent to an activating group) is 1. The average molecular weight is 499 g/mol. The van der Waals surface area contributed by atoms with Crippen LogP contribution in [0.4, 0.5) is 0 Å². The summed E-state index contributed by atoms with van der Waals surface area (Å²) in [5, 5.41) is 23.4. The van der Waals surface area contributed by atoms with Gasteiger partial charge < -0.3 is 19.8 Å². The van der Waals surface area contributed by atoms with Crippen molar-refractivity contribution in [1.82, 2.24) is 9.80 Å². The lowest BCUT2D eigenvalue weighted by atomic mass is 9.46. The van der Waals surface area contributed by atoms with E-state index in [-0.39, 0.29) is 29.7 Å². The number of carbonyl (C=O) groups is 1. The lowest BCUT2D eigenvalue weighted by Crippen LogP contribution is -2.79. The molecule has 2 aromatic rings. The number of aromatic hydroxyl groups is 1. The molecule has 0 aromatic heterocycles. The number of aliphatic hydroxyl groups is 1. The van der Waals surface area contributed by atoms with Crippen LogP contribution in [0.1, 0.15) is 42.0 Å². The molecule has 2 N–H and O–H groups in total. The highest BCUT2D eigenvalue weighted by Gasteiger charge is 2.74. The first-order valence-electron chi connectivity index (χ1n) is 13.2. The van der Waals surface area contributed by atoms with E-state index in [1.54, 1.807) is 18.0 Å². The zero-order chi connectivity index (χ0) is 26.1. The lowest BCUT2D eigenvalue weighted by Gasteiger charge is -2.65. The van der Waals surface area contributed by atoms with Crippen LogP contribution in [0.25, 0.3) is 0 Å². The van der Waals surface area contributed by atoms with Crippen molar-refractivity contribution in [3.63, 3.8) is 0 Å². The van der Waals surface area contributed by atoms with E-state index in [1.165, 1.54) is 0 Å². The molecule has 6 heteroatoms. The fraction of sp³-hybridized carbons (Fsp3) is 0.452. The number of piperidine rings is 1. The van der Waals surface area contributed by atoms with Gasteiger partial charge in [-0.3, -0.25) is 9.69 Å². The minimum atomic E-state index is -1.04. The largest absolute Gasteiger partial charge is 0.504 e. The first-order valence-corrected chi connectivity index (χ1v) is 13.2. The number of ether oxygens (including phenoxy) is 1. The van der Waals surface area contributed by atoms with E-state index in [0.29, 0.717) is 31.6 Å². The van der Waals surface area contributed by atoms with Crippen LogP contribution in [-0.4, -0.2) is 69.8 Å². The van der Waals surface area contributed by atoms with Crippen LogP contribution in [0.2, 0.25) is 0 Å². The fourth-order valence-corrected chi connectivity index (χ4v) is 7.92. The molecule has 0 radical (unpaired) electrons. The standard InChI is InChI=1S/C31H34N2O4/c1-5-14-33-15-13-30-26-22-10-11-23(34)28(26)37-29(30)27(20(3)18-31(30,36)24(33)17-22)32(4)25(35)12-9-21-8-6-7-19(2)16-21/h5-8,10-11,16,20,24,27,29,34,36H,1,13-15,17-18H2,2-4H3/t20-,24+,27-,29-,30-,31+/m0/s1. The normalized spacial score (nSPS) is 33.0. The molecular weight excluding hydrogens is 464 g/mol. The highest BCUT2D eigenvalue weighted by molar-refractivity contribution is 5.94. The van der Waals surface area contributed by atoms with Crippen LogP contribution in [0, 0.1) is 24.7 Å². The maximum Gasteiger partial charge on any atom is 0.298 e. The van der Waals surface area contributed by atoms with Crippen LogP contribution in [0.15, 0.2) is 49.1 Å². The third-order valence-electron chi connectivity index (χ3n) is 9.36. The summed E-state index contributed by atoms with van der Waals surface area (Å²) in [6.07, 6.45) is 3.33. The van der Waals surface area contributed by atoms with Gasteiger partial charge in [-0.05, 0) is 68.0 Å². The molecule has 6 nitrogen and oxygen atoms in total. The Hall–Kier alpha value is -3.27. The molecule has 1 spiro atoms. The zero-order valence-electron chi connectivity index (χ0n) is 21.7. The topological polar surface area (TPSA) is 73.2 Å². The van der Waals surface area contributed by atoms with Gasteiger partial charge in [0.05, 0.1) is 17.1 Å². The Balaban J connectivity index is 1.43. The van der Waals surface area contributed by atoms with Gasteiger partial charge in [0.2, 0.25) is 0 Å². The fourth-order valence-electron chi connectivity index (χ4n) is 7.92. The molecule has 2 heterocycles. The molecule has 1 saturated heterocycles. The Morgan fingerprint density at radius 2 is 2.16 bits per heavy atom. The molecule has 6 rings (SSSR count). The summed E-state index contributed by atoms with van der Waals surface area (Å²) in [5.74, 6) is 6.10. The number of aryl methyl sites for hydroxylation is 1. The van der Waals surface area contributed by atoms with Gasteiger partial charge in [0.1, 0.15) is 6.10 Å². The highest BCUT2D eigenvalue weighted by Crippen LogP contribution is 2.66. The Morgan fingerprint density at radius 1 is 1.35 bits per heavy atom. The Morgan fingerprint density at radius 3 is 2.92 bits per heavy atom. The molecule has 192 valence electrons. The highest BCUT2D eigenvalue weighted by atomic mass is 16.5. The number of phenols is 1. The second kappa shape index (κ2) is 8.37. The van der Waals surface area contributed by atoms with E-state index < -0.39 is 17.1 Å². The van der Waals surface area contributed by atoms with Gasteiger partial charge in [-0.15, -0.1) is 6.58 Å². The number of hydrogen-bond acceptors (Lipinski definition) is 5. The van der Waals surface area contributed by atoms with E-state index in [1.807, 2.05) is 43.3 Å². The van der Waals surface area contributed by atoms with Gasteiger partial charge in [0, 0.05) is 36.7 Å². The Bertz CT molecular complexity index is 1360. The van der Waals surface area contributed by atoms with Gasteiger partial charge in [-0.1, -0.05) is 37.1 Å². The number of rotatable bonds is 3. The van der Waals surface area contributed by atoms with Crippen molar-refractivity contribution in [3.05, 3.63) is 71.3 Å². The van der Waals surface area contributed by atoms with Crippen molar-refractivity contribution in [2.75, 3.05) is 20.1 Å². The van der Waals surface area contributed by atoms with E-state index in [4.69, 9.17) is 4.74 Å². The summed E-state index contributed by atoms with van der Waals surface area (Å²) in [4.78, 5) is 17.4. The van der Waals surface area contributed by atoms with Crippen LogP contribution < -0.4 is 4.74 Å². The van der Waals surface area contributed by atoms with Crippen LogP contribution in [-0.2, 0) is 16.6 Å². The van der Waals surface area contributed by atoms with E-state index in [2.05, 4.69) is 30.2 Å². The molecule has 2 bridgehead atoms. The minimum absolute atomic E-state index is 0.0398. The summed E-state index contributed by atoms with van der Waals surface area (Å²) in [6.45, 7) is 9.53. The Kier molecular flexibility index (Phi) is 5.45. The van der Waals surface area contributed by atoms with Gasteiger partial charge in [-0.25, -0.2) is 0 Å². The molecule has 1 amide bonds. The number of carbonyl (C=O) groups excluding carboxylic acids is 1. The molecule has 6 atom stereocenters. The number of phenolic OH excluding ortho intramolecular Hbond substituents is 1. The minimum Gasteiger partial charge on any atom is -0.504 e. The number of likely N-dealkylation sites (tertiary alicyclic amines) is 1. The van der Waals surface area contributed by atoms with Gasteiger partial charge in [0.15, 0.2) is 11.5 Å². The van der Waals surface area contributed by atoms with Crippen molar-refractivity contribution >= 4 is 5.91 Å². The third kappa shape index (κ3) is 3.24. The summed E-state index contributed by atoms with van der Waals surface area (Å²) < 4.78 is 6.61. The van der Waals surface area contributed by atoms with Crippen LogP contribution in [0.5, 0.6) is 11.5 Å². The van der Waals surface area contributed by atoms with Gasteiger partial charge in [-0.2, -0.15) is 0 Å². The predicted octanol–water partition coefficient (Wildman–Crippen LogP) is 3.17. The van der Waals surface area contributed by atoms with E-state index in [9.17, 15) is 15.0 Å². The quantitative estimate of drug-likeness (QED) is 0.503. The summed E-state index contributed by atoms with van der Waals surface area (Å²) in [7, 11) is 1.79. The number of amides is 1. The predicted molar refractivity (Wildman–Crippen MR) is 141 cm³/mol. The van der Waals surface area contributed by atoms with Crippen LogP contribution in [0.3, 0.4) is 0 Å². The number of benzene rings is 2. The molecule has 1 saturated carbocycles. The van der Waals surface area contributed by atoms with Crippen molar-refractivity contribution in [1.29, 1.82) is 0 Å². The monoisotopic (exact) mass is 498 g/mol. The van der Waals surface area contributed by atoms with E-state index >= 15 is 0 Å². The molecular formula is C31H34N2O4. The van der Waals surface area contributed by atoms with Gasteiger partial charge >= 0.3 is 0 Å². The third-order valence-corrected chi connectivity index (χ3v) is 9.36. The van der Waals surface area contributed by atoms with Crippen molar-refractivity contribution in [3.8, 4) is 23.3 Å². The Labute approximate surface area is 218 Å².